The largest absolute Gasteiger partial charge is 0.324 e. The molecule has 1 rings (SSSR count). The highest BCUT2D eigenvalue weighted by Crippen LogP contribution is 2.06. The van der Waals surface area contributed by atoms with Gasteiger partial charge < -0.3 is 5.73 Å². The minimum absolute atomic E-state index is 0.0957. The van der Waals surface area contributed by atoms with Crippen molar-refractivity contribution in [3.8, 4) is 0 Å². The SMILES string of the molecule is NCC(=O)Cc1ccsc1. The van der Waals surface area contributed by atoms with Crippen LogP contribution in [0.5, 0.6) is 0 Å². The molecular formula is C7H9NOS. The lowest BCUT2D eigenvalue weighted by Crippen LogP contribution is -2.15. The molecule has 0 saturated heterocycles. The summed E-state index contributed by atoms with van der Waals surface area (Å²) in [4.78, 5) is 10.8. The van der Waals surface area contributed by atoms with Gasteiger partial charge in [-0.2, -0.15) is 11.3 Å². The number of thiophene rings is 1. The fourth-order valence-electron chi connectivity index (χ4n) is 0.693. The van der Waals surface area contributed by atoms with Gasteiger partial charge >= 0.3 is 0 Å². The van der Waals surface area contributed by atoms with E-state index >= 15 is 0 Å². The van der Waals surface area contributed by atoms with Crippen molar-refractivity contribution in [2.24, 2.45) is 5.73 Å². The lowest BCUT2D eigenvalue weighted by atomic mass is 10.2. The molecule has 2 N–H and O–H groups in total. The van der Waals surface area contributed by atoms with Crippen LogP contribution in [0.2, 0.25) is 0 Å². The van der Waals surface area contributed by atoms with Crippen LogP contribution in [0.15, 0.2) is 16.8 Å². The number of carbonyl (C=O) groups is 1. The number of nitrogens with two attached hydrogens (primary N) is 1. The van der Waals surface area contributed by atoms with Crippen LogP contribution < -0.4 is 5.73 Å². The number of Topliss-reactive ketones (excluding diaryl/α,β-unsaturated/α-hetero) is 1. The molecule has 0 saturated carbocycles. The van der Waals surface area contributed by atoms with E-state index in [0.717, 1.165) is 5.56 Å². The lowest BCUT2D eigenvalue weighted by molar-refractivity contribution is -0.117. The van der Waals surface area contributed by atoms with E-state index in [1.165, 1.54) is 0 Å². The van der Waals surface area contributed by atoms with E-state index in [-0.39, 0.29) is 12.3 Å². The van der Waals surface area contributed by atoms with E-state index in [9.17, 15) is 4.79 Å². The Bertz CT molecular complexity index is 205. The Morgan fingerprint density at radius 2 is 2.50 bits per heavy atom. The molecule has 2 nitrogen and oxygen atoms in total. The second kappa shape index (κ2) is 3.49. The normalized spacial score (nSPS) is 9.70. The molecule has 0 unspecified atom stereocenters. The Hall–Kier alpha value is -0.670. The molecule has 3 heteroatoms. The van der Waals surface area contributed by atoms with Crippen LogP contribution in [0.3, 0.4) is 0 Å². The molecule has 1 aromatic rings. The Labute approximate surface area is 63.7 Å². The zero-order valence-corrected chi connectivity index (χ0v) is 6.36. The summed E-state index contributed by atoms with van der Waals surface area (Å²) in [5.41, 5.74) is 6.21. The Morgan fingerprint density at radius 3 is 3.00 bits per heavy atom. The number of rotatable bonds is 3. The van der Waals surface area contributed by atoms with Gasteiger partial charge in [0.25, 0.3) is 0 Å². The lowest BCUT2D eigenvalue weighted by Gasteiger charge is -1.91. The van der Waals surface area contributed by atoms with Crippen molar-refractivity contribution in [1.82, 2.24) is 0 Å². The average Bonchev–Trinajstić information content (AvgIpc) is 2.40. The number of ketones is 1. The third kappa shape index (κ3) is 1.93. The van der Waals surface area contributed by atoms with Crippen LogP contribution in [0.25, 0.3) is 0 Å². The molecule has 0 radical (unpaired) electrons. The first-order valence-corrected chi connectivity index (χ1v) is 4.00. The molecule has 0 aliphatic carbocycles. The Morgan fingerprint density at radius 1 is 1.70 bits per heavy atom. The van der Waals surface area contributed by atoms with Crippen LogP contribution >= 0.6 is 11.3 Å². The molecule has 0 atom stereocenters. The Balaban J connectivity index is 2.48. The second-order valence-corrected chi connectivity index (χ2v) is 2.83. The van der Waals surface area contributed by atoms with Crippen molar-refractivity contribution in [1.29, 1.82) is 0 Å². The van der Waals surface area contributed by atoms with Gasteiger partial charge in [0.05, 0.1) is 6.54 Å². The monoisotopic (exact) mass is 155 g/mol. The average molecular weight is 155 g/mol. The molecule has 54 valence electrons. The predicted molar refractivity (Wildman–Crippen MR) is 42.1 cm³/mol. The molecule has 0 spiro atoms. The fourth-order valence-corrected chi connectivity index (χ4v) is 1.36. The van der Waals surface area contributed by atoms with E-state index in [0.29, 0.717) is 6.42 Å². The maximum Gasteiger partial charge on any atom is 0.150 e. The number of hydrogen-bond donors (Lipinski definition) is 1. The van der Waals surface area contributed by atoms with E-state index in [4.69, 9.17) is 5.73 Å². The summed E-state index contributed by atoms with van der Waals surface area (Å²) in [5, 5.41) is 3.92. The number of carbonyl (C=O) groups excluding carboxylic acids is 1. The highest BCUT2D eigenvalue weighted by atomic mass is 32.1. The van der Waals surface area contributed by atoms with E-state index in [2.05, 4.69) is 0 Å². The third-order valence-corrected chi connectivity index (χ3v) is 1.94. The molecular weight excluding hydrogens is 146 g/mol. The molecule has 0 aliphatic heterocycles. The van der Waals surface area contributed by atoms with Gasteiger partial charge in [0.15, 0.2) is 5.78 Å². The highest BCUT2D eigenvalue weighted by molar-refractivity contribution is 7.07. The maximum atomic E-state index is 10.8. The first kappa shape index (κ1) is 7.44. The van der Waals surface area contributed by atoms with Crippen LogP contribution in [-0.4, -0.2) is 12.3 Å². The van der Waals surface area contributed by atoms with Gasteiger partial charge in [-0.3, -0.25) is 4.79 Å². The van der Waals surface area contributed by atoms with Gasteiger partial charge in [0, 0.05) is 6.42 Å². The standard InChI is InChI=1S/C7H9NOS/c8-4-7(9)3-6-1-2-10-5-6/h1-2,5H,3-4,8H2. The Kier molecular flexibility index (Phi) is 2.59. The highest BCUT2D eigenvalue weighted by Gasteiger charge is 1.99. The van der Waals surface area contributed by atoms with Crippen molar-refractivity contribution in [3.05, 3.63) is 22.4 Å². The summed E-state index contributed by atoms with van der Waals surface area (Å²) in [5.74, 6) is 0.0957. The zero-order valence-electron chi connectivity index (χ0n) is 5.54. The van der Waals surface area contributed by atoms with Crippen molar-refractivity contribution >= 4 is 17.1 Å². The predicted octanol–water partition coefficient (Wildman–Crippen LogP) is 0.818. The molecule has 0 amide bonds. The molecule has 1 heterocycles. The fraction of sp³-hybridized carbons (Fsp3) is 0.286. The minimum atomic E-state index is 0.0957. The van der Waals surface area contributed by atoms with Crippen LogP contribution in [0.4, 0.5) is 0 Å². The van der Waals surface area contributed by atoms with Gasteiger partial charge in [-0.25, -0.2) is 0 Å². The molecule has 0 aliphatic rings. The summed E-state index contributed by atoms with van der Waals surface area (Å²) in [7, 11) is 0. The van der Waals surface area contributed by atoms with Gasteiger partial charge in [0.2, 0.25) is 0 Å². The van der Waals surface area contributed by atoms with Gasteiger partial charge in [-0.1, -0.05) is 0 Å². The van der Waals surface area contributed by atoms with Crippen LogP contribution in [0.1, 0.15) is 5.56 Å². The summed E-state index contributed by atoms with van der Waals surface area (Å²) < 4.78 is 0. The minimum Gasteiger partial charge on any atom is -0.324 e. The molecule has 10 heavy (non-hydrogen) atoms. The van der Waals surface area contributed by atoms with E-state index < -0.39 is 0 Å². The molecule has 1 aromatic heterocycles. The van der Waals surface area contributed by atoms with Crippen molar-refractivity contribution in [2.45, 2.75) is 6.42 Å². The van der Waals surface area contributed by atoms with Crippen LogP contribution in [-0.2, 0) is 11.2 Å². The first-order chi connectivity index (χ1) is 4.83. The van der Waals surface area contributed by atoms with Crippen molar-refractivity contribution in [3.63, 3.8) is 0 Å². The molecule has 0 fully saturated rings. The van der Waals surface area contributed by atoms with Crippen molar-refractivity contribution < 1.29 is 4.79 Å². The van der Waals surface area contributed by atoms with E-state index in [1.54, 1.807) is 11.3 Å². The summed E-state index contributed by atoms with van der Waals surface area (Å²) in [6, 6.07) is 1.94. The van der Waals surface area contributed by atoms with Crippen molar-refractivity contribution in [2.75, 3.05) is 6.54 Å². The molecule has 0 bridgehead atoms. The molecule has 0 aromatic carbocycles. The topological polar surface area (TPSA) is 43.1 Å². The summed E-state index contributed by atoms with van der Waals surface area (Å²) in [6.45, 7) is 0.149. The quantitative estimate of drug-likeness (QED) is 0.702. The summed E-state index contributed by atoms with van der Waals surface area (Å²) in [6.07, 6.45) is 0.486. The number of hydrogen-bond acceptors (Lipinski definition) is 3. The van der Waals surface area contributed by atoms with Gasteiger partial charge in [0.1, 0.15) is 0 Å². The third-order valence-electron chi connectivity index (χ3n) is 1.21. The van der Waals surface area contributed by atoms with Gasteiger partial charge in [-0.05, 0) is 22.4 Å². The second-order valence-electron chi connectivity index (χ2n) is 2.05. The maximum absolute atomic E-state index is 10.8. The van der Waals surface area contributed by atoms with E-state index in [1.807, 2.05) is 16.8 Å². The smallest absolute Gasteiger partial charge is 0.150 e. The summed E-state index contributed by atoms with van der Waals surface area (Å²) >= 11 is 1.60. The van der Waals surface area contributed by atoms with Gasteiger partial charge in [-0.15, -0.1) is 0 Å². The van der Waals surface area contributed by atoms with Crippen LogP contribution in [0, 0.1) is 0 Å². The first-order valence-electron chi connectivity index (χ1n) is 3.06. The zero-order chi connectivity index (χ0) is 7.40.